The quantitative estimate of drug-likeness (QED) is 0.0900. The monoisotopic (exact) mass is 753 g/mol. The van der Waals surface area contributed by atoms with Crippen molar-refractivity contribution in [3.63, 3.8) is 0 Å². The minimum atomic E-state index is -0.360. The van der Waals surface area contributed by atoms with Crippen molar-refractivity contribution in [1.82, 2.24) is 5.32 Å². The Balaban J connectivity index is 0.903. The van der Waals surface area contributed by atoms with Crippen LogP contribution in [0.3, 0.4) is 0 Å². The van der Waals surface area contributed by atoms with E-state index in [1.807, 2.05) is 73.7 Å². The molecule has 0 spiro atoms. The second kappa shape index (κ2) is 18.5. The van der Waals surface area contributed by atoms with Crippen LogP contribution in [-0.2, 0) is 4.84 Å². The van der Waals surface area contributed by atoms with Gasteiger partial charge in [0.25, 0.3) is 5.91 Å². The summed E-state index contributed by atoms with van der Waals surface area (Å²) < 4.78 is 40.2. The second-order valence-electron chi connectivity index (χ2n) is 13.5. The number of rotatable bonds is 19. The van der Waals surface area contributed by atoms with Crippen molar-refractivity contribution in [2.75, 3.05) is 54.1 Å². The van der Waals surface area contributed by atoms with Crippen LogP contribution in [0, 0.1) is 6.92 Å². The van der Waals surface area contributed by atoms with E-state index in [0.717, 1.165) is 72.2 Å². The molecule has 292 valence electrons. The molecule has 4 aromatic carbocycles. The molecule has 2 atom stereocenters. The number of anilines is 1. The number of unbranched alkanes of at least 4 members (excludes halogenated alkanes) is 5. The third-order valence-corrected chi connectivity index (χ3v) is 9.80. The maximum absolute atomic E-state index is 12.7. The molecule has 55 heavy (non-hydrogen) atoms. The minimum Gasteiger partial charge on any atom is -0.493 e. The lowest BCUT2D eigenvalue weighted by molar-refractivity contribution is 0.0832. The number of nitrogens with zero attached hydrogens (tertiary/aromatic N) is 1. The molecule has 6 rings (SSSR count). The van der Waals surface area contributed by atoms with Gasteiger partial charge in [-0.05, 0) is 67.8 Å². The summed E-state index contributed by atoms with van der Waals surface area (Å²) >= 11 is 0. The first-order valence-corrected chi connectivity index (χ1v) is 18.7. The van der Waals surface area contributed by atoms with Gasteiger partial charge in [0, 0.05) is 23.2 Å². The van der Waals surface area contributed by atoms with E-state index in [1.54, 1.807) is 35.5 Å². The van der Waals surface area contributed by atoms with Gasteiger partial charge < -0.3 is 48.6 Å². The molecule has 0 aromatic heterocycles. The number of methoxy groups -OCH3 is 5. The van der Waals surface area contributed by atoms with Gasteiger partial charge in [-0.15, -0.1) is 0 Å². The van der Waals surface area contributed by atoms with E-state index in [1.165, 1.54) is 0 Å². The standard InChI is InChI=1S/C43H51N3O9/c1-27-16-18-32-31(22-27)43(47)45-42(44-32)28-17-19-34(37(23-28)48-2)53-20-11-9-7-8-10-12-21-54-35-15-13-14-30(40(35)51-5)36-26-33(46-55-36)29-24-38(49-3)41(52-6)39(25-29)50-4/h13-19,22-25,36,42,44H,7-12,20-21,26H2,1-6H3,(H,45,47). The van der Waals surface area contributed by atoms with Crippen molar-refractivity contribution in [3.05, 3.63) is 94.5 Å². The highest BCUT2D eigenvalue weighted by molar-refractivity contribution is 6.03. The third-order valence-electron chi connectivity index (χ3n) is 9.80. The van der Waals surface area contributed by atoms with Gasteiger partial charge in [0.15, 0.2) is 40.6 Å². The van der Waals surface area contributed by atoms with E-state index >= 15 is 0 Å². The number of nitrogens with one attached hydrogen (secondary N) is 2. The van der Waals surface area contributed by atoms with Crippen molar-refractivity contribution >= 4 is 17.3 Å². The maximum Gasteiger partial charge on any atom is 0.255 e. The number of hydrogen-bond donors (Lipinski definition) is 2. The summed E-state index contributed by atoms with van der Waals surface area (Å²) in [6.07, 6.45) is 6.07. The fourth-order valence-electron chi connectivity index (χ4n) is 6.88. The van der Waals surface area contributed by atoms with Gasteiger partial charge in [0.1, 0.15) is 6.17 Å². The highest BCUT2D eigenvalue weighted by Gasteiger charge is 2.30. The van der Waals surface area contributed by atoms with E-state index < -0.39 is 0 Å². The first kappa shape index (κ1) is 38.9. The number of fused-ring (bicyclic) bond motifs is 1. The summed E-state index contributed by atoms with van der Waals surface area (Å²) in [5, 5.41) is 10.8. The van der Waals surface area contributed by atoms with Crippen LogP contribution in [0.2, 0.25) is 0 Å². The first-order chi connectivity index (χ1) is 26.9. The largest absolute Gasteiger partial charge is 0.493 e. The summed E-state index contributed by atoms with van der Waals surface area (Å²) in [7, 11) is 8.02. The van der Waals surface area contributed by atoms with Gasteiger partial charge in [-0.25, -0.2) is 0 Å². The molecule has 2 aliphatic rings. The molecule has 0 aliphatic carbocycles. The van der Waals surface area contributed by atoms with E-state index in [0.29, 0.717) is 65.4 Å². The molecule has 0 bridgehead atoms. The van der Waals surface area contributed by atoms with Crippen molar-refractivity contribution in [2.24, 2.45) is 5.16 Å². The zero-order valence-electron chi connectivity index (χ0n) is 32.5. The van der Waals surface area contributed by atoms with E-state index in [9.17, 15) is 4.79 Å². The van der Waals surface area contributed by atoms with Crippen LogP contribution in [-0.4, -0.2) is 60.4 Å². The number of aryl methyl sites for hydroxylation is 1. The van der Waals surface area contributed by atoms with Crippen LogP contribution in [0.15, 0.2) is 71.9 Å². The normalized spacial score (nSPS) is 15.8. The van der Waals surface area contributed by atoms with E-state index in [4.69, 9.17) is 38.0 Å². The van der Waals surface area contributed by atoms with Gasteiger partial charge in [-0.3, -0.25) is 4.79 Å². The lowest BCUT2D eigenvalue weighted by Crippen LogP contribution is -2.38. The molecule has 2 N–H and O–H groups in total. The summed E-state index contributed by atoms with van der Waals surface area (Å²) in [5.74, 6) is 4.19. The van der Waals surface area contributed by atoms with Crippen molar-refractivity contribution < 1.29 is 42.8 Å². The molecule has 2 unspecified atom stereocenters. The van der Waals surface area contributed by atoms with Crippen molar-refractivity contribution in [3.8, 4) is 40.2 Å². The number of carbonyl (C=O) groups excluding carboxylic acids is 1. The predicted octanol–water partition coefficient (Wildman–Crippen LogP) is 8.56. The Morgan fingerprint density at radius 1 is 0.673 bits per heavy atom. The fourth-order valence-corrected chi connectivity index (χ4v) is 6.88. The van der Waals surface area contributed by atoms with Crippen LogP contribution in [0.5, 0.6) is 40.2 Å². The summed E-state index contributed by atoms with van der Waals surface area (Å²) in [6.45, 7) is 3.16. The number of benzene rings is 4. The highest BCUT2D eigenvalue weighted by atomic mass is 16.6. The van der Waals surface area contributed by atoms with Crippen molar-refractivity contribution in [2.45, 2.75) is 64.1 Å². The van der Waals surface area contributed by atoms with Gasteiger partial charge >= 0.3 is 0 Å². The molecule has 12 heteroatoms. The molecule has 0 saturated heterocycles. The highest BCUT2D eigenvalue weighted by Crippen LogP contribution is 2.43. The Morgan fingerprint density at radius 3 is 2.02 bits per heavy atom. The smallest absolute Gasteiger partial charge is 0.255 e. The lowest BCUT2D eigenvalue weighted by Gasteiger charge is -2.28. The number of oxime groups is 1. The Bertz CT molecular complexity index is 1960. The SMILES string of the molecule is COc1cc(C2NC(=O)c3cc(C)ccc3N2)ccc1OCCCCCCCCOc1cccc(C2CC(c3cc(OC)c(OC)c(OC)c3)=NO2)c1OC. The fraction of sp³-hybridized carbons (Fsp3) is 0.395. The van der Waals surface area contributed by atoms with E-state index in [2.05, 4.69) is 15.8 Å². The zero-order valence-corrected chi connectivity index (χ0v) is 32.5. The first-order valence-electron chi connectivity index (χ1n) is 18.7. The number of hydrogen-bond acceptors (Lipinski definition) is 11. The van der Waals surface area contributed by atoms with Crippen LogP contribution < -0.4 is 43.8 Å². The second-order valence-corrected chi connectivity index (χ2v) is 13.5. The average Bonchev–Trinajstić information content (AvgIpc) is 3.71. The maximum atomic E-state index is 12.7. The van der Waals surface area contributed by atoms with Gasteiger partial charge in [0.05, 0.1) is 60.0 Å². The Morgan fingerprint density at radius 2 is 1.35 bits per heavy atom. The molecule has 4 aromatic rings. The Labute approximate surface area is 323 Å². The molecule has 2 heterocycles. The molecular formula is C43H51N3O9. The predicted molar refractivity (Wildman–Crippen MR) is 211 cm³/mol. The zero-order chi connectivity index (χ0) is 38.7. The Kier molecular flexibility index (Phi) is 13.1. The molecule has 12 nitrogen and oxygen atoms in total. The Hall–Kier alpha value is -5.78. The third kappa shape index (κ3) is 9.13. The molecular weight excluding hydrogens is 702 g/mol. The molecule has 1 amide bonds. The molecule has 0 radical (unpaired) electrons. The summed E-state index contributed by atoms with van der Waals surface area (Å²) in [5.41, 5.74) is 5.86. The number of ether oxygens (including phenoxy) is 7. The number of para-hydroxylation sites is 1. The minimum absolute atomic E-state index is 0.101. The number of carbonyl (C=O) groups is 1. The number of amides is 1. The van der Waals surface area contributed by atoms with Crippen LogP contribution >= 0.6 is 0 Å². The van der Waals surface area contributed by atoms with Crippen LogP contribution in [0.1, 0.15) is 89.8 Å². The molecule has 0 saturated carbocycles. The van der Waals surface area contributed by atoms with Gasteiger partial charge in [-0.1, -0.05) is 60.7 Å². The van der Waals surface area contributed by atoms with Crippen LogP contribution in [0.4, 0.5) is 5.69 Å². The summed E-state index contributed by atoms with van der Waals surface area (Å²) in [4.78, 5) is 18.6. The molecule has 2 aliphatic heterocycles. The van der Waals surface area contributed by atoms with E-state index in [-0.39, 0.29) is 18.2 Å². The topological polar surface area (TPSA) is 127 Å². The summed E-state index contributed by atoms with van der Waals surface area (Å²) in [6, 6.07) is 21.2. The lowest BCUT2D eigenvalue weighted by atomic mass is 9.98. The van der Waals surface area contributed by atoms with Crippen LogP contribution in [0.25, 0.3) is 0 Å². The van der Waals surface area contributed by atoms with Gasteiger partial charge in [0.2, 0.25) is 5.75 Å². The molecule has 0 fully saturated rings. The van der Waals surface area contributed by atoms with Crippen molar-refractivity contribution in [1.29, 1.82) is 0 Å². The average molecular weight is 754 g/mol. The van der Waals surface area contributed by atoms with Gasteiger partial charge in [-0.2, -0.15) is 0 Å².